The molecule has 1 aromatic carbocycles. The van der Waals surface area contributed by atoms with Gasteiger partial charge in [-0.25, -0.2) is 4.98 Å². The fourth-order valence-corrected chi connectivity index (χ4v) is 2.25. The van der Waals surface area contributed by atoms with E-state index >= 15 is 0 Å². The molecule has 3 rings (SSSR count). The van der Waals surface area contributed by atoms with Gasteiger partial charge in [0.05, 0.1) is 5.69 Å². The van der Waals surface area contributed by atoms with Crippen LogP contribution in [0.15, 0.2) is 48.8 Å². The number of fused-ring (bicyclic) bond motifs is 1. The summed E-state index contributed by atoms with van der Waals surface area (Å²) in [5.41, 5.74) is 2.48. The molecule has 5 nitrogen and oxygen atoms in total. The van der Waals surface area contributed by atoms with Crippen molar-refractivity contribution in [2.45, 2.75) is 6.92 Å². The molecular weight excluding hydrogens is 302 g/mol. The quantitative estimate of drug-likeness (QED) is 0.803. The number of nitrogens with one attached hydrogen (secondary N) is 1. The Morgan fingerprint density at radius 3 is 2.82 bits per heavy atom. The van der Waals surface area contributed by atoms with Crippen LogP contribution in [0.25, 0.3) is 5.65 Å². The van der Waals surface area contributed by atoms with Crippen molar-refractivity contribution in [3.63, 3.8) is 0 Å². The van der Waals surface area contributed by atoms with Crippen LogP contribution >= 0.6 is 11.6 Å². The Kier molecular flexibility index (Phi) is 3.98. The number of pyridine rings is 1. The van der Waals surface area contributed by atoms with E-state index in [0.717, 1.165) is 17.0 Å². The first-order chi connectivity index (χ1) is 10.6. The number of rotatable bonds is 4. The van der Waals surface area contributed by atoms with Gasteiger partial charge in [-0.1, -0.05) is 11.6 Å². The van der Waals surface area contributed by atoms with Crippen molar-refractivity contribution in [1.29, 1.82) is 0 Å². The van der Waals surface area contributed by atoms with E-state index in [1.54, 1.807) is 30.5 Å². The Morgan fingerprint density at radius 2 is 2.05 bits per heavy atom. The third-order valence-electron chi connectivity index (χ3n) is 3.28. The smallest absolute Gasteiger partial charge is 0.262 e. The zero-order valence-corrected chi connectivity index (χ0v) is 12.7. The second-order valence-corrected chi connectivity index (χ2v) is 5.22. The number of carbonyl (C=O) groups is 1. The van der Waals surface area contributed by atoms with Crippen molar-refractivity contribution in [1.82, 2.24) is 9.38 Å². The third kappa shape index (κ3) is 3.04. The second-order valence-electron chi connectivity index (χ2n) is 4.78. The number of benzene rings is 1. The molecule has 112 valence electrons. The Hall–Kier alpha value is -2.53. The van der Waals surface area contributed by atoms with E-state index in [2.05, 4.69) is 10.3 Å². The van der Waals surface area contributed by atoms with Crippen molar-refractivity contribution in [3.8, 4) is 5.75 Å². The molecule has 2 heterocycles. The standard InChI is InChI=1S/C16H14ClN3O2/c1-11-14(6-7-15-18-8-9-20(11)15)19-16(21)10-22-13-4-2-12(17)3-5-13/h2-9H,10H2,1H3,(H,19,21). The number of aryl methyl sites for hydroxylation is 1. The molecule has 0 unspecified atom stereocenters. The molecule has 1 amide bonds. The van der Waals surface area contributed by atoms with Gasteiger partial charge in [-0.2, -0.15) is 0 Å². The molecule has 0 radical (unpaired) electrons. The minimum absolute atomic E-state index is 0.0664. The van der Waals surface area contributed by atoms with E-state index < -0.39 is 0 Å². The molecule has 0 bridgehead atoms. The number of halogens is 1. The van der Waals surface area contributed by atoms with Crippen LogP contribution in [0.1, 0.15) is 5.69 Å². The third-order valence-corrected chi connectivity index (χ3v) is 3.53. The highest BCUT2D eigenvalue weighted by molar-refractivity contribution is 6.30. The van der Waals surface area contributed by atoms with Gasteiger partial charge in [0.1, 0.15) is 11.4 Å². The highest BCUT2D eigenvalue weighted by Gasteiger charge is 2.08. The molecular formula is C16H14ClN3O2. The van der Waals surface area contributed by atoms with Crippen LogP contribution < -0.4 is 10.1 Å². The topological polar surface area (TPSA) is 55.6 Å². The Bertz CT molecular complexity index is 812. The SMILES string of the molecule is Cc1c(NC(=O)COc2ccc(Cl)cc2)ccc2nccn12. The van der Waals surface area contributed by atoms with Gasteiger partial charge in [0, 0.05) is 23.1 Å². The Balaban J connectivity index is 1.65. The van der Waals surface area contributed by atoms with E-state index in [4.69, 9.17) is 16.3 Å². The summed E-state index contributed by atoms with van der Waals surface area (Å²) >= 11 is 5.80. The van der Waals surface area contributed by atoms with Crippen molar-refractivity contribution >= 4 is 28.8 Å². The van der Waals surface area contributed by atoms with Gasteiger partial charge in [-0.3, -0.25) is 4.79 Å². The summed E-state index contributed by atoms with van der Waals surface area (Å²) in [7, 11) is 0. The van der Waals surface area contributed by atoms with E-state index in [1.165, 1.54) is 0 Å². The fourth-order valence-electron chi connectivity index (χ4n) is 2.13. The number of nitrogens with zero attached hydrogens (tertiary/aromatic N) is 2. The lowest BCUT2D eigenvalue weighted by Gasteiger charge is -2.11. The van der Waals surface area contributed by atoms with Crippen LogP contribution in [-0.4, -0.2) is 21.9 Å². The summed E-state index contributed by atoms with van der Waals surface area (Å²) in [4.78, 5) is 16.2. The molecule has 22 heavy (non-hydrogen) atoms. The maximum absolute atomic E-state index is 12.0. The molecule has 2 aromatic heterocycles. The summed E-state index contributed by atoms with van der Waals surface area (Å²) < 4.78 is 7.33. The van der Waals surface area contributed by atoms with Crippen molar-refractivity contribution in [2.75, 3.05) is 11.9 Å². The minimum atomic E-state index is -0.225. The molecule has 0 fully saturated rings. The summed E-state index contributed by atoms with van der Waals surface area (Å²) in [5.74, 6) is 0.374. The van der Waals surface area contributed by atoms with Gasteiger partial charge in [-0.15, -0.1) is 0 Å². The number of carbonyl (C=O) groups excluding carboxylic acids is 1. The second kappa shape index (κ2) is 6.07. The van der Waals surface area contributed by atoms with Crippen LogP contribution in [0.4, 0.5) is 5.69 Å². The molecule has 0 aliphatic carbocycles. The van der Waals surface area contributed by atoms with Gasteiger partial charge < -0.3 is 14.5 Å². The van der Waals surface area contributed by atoms with Crippen LogP contribution in [0.5, 0.6) is 5.75 Å². The largest absolute Gasteiger partial charge is 0.484 e. The summed E-state index contributed by atoms with van der Waals surface area (Å²) in [5, 5.41) is 3.46. The van der Waals surface area contributed by atoms with Crippen LogP contribution in [0.3, 0.4) is 0 Å². The first-order valence-electron chi connectivity index (χ1n) is 6.74. The molecule has 1 N–H and O–H groups in total. The maximum Gasteiger partial charge on any atom is 0.262 e. The van der Waals surface area contributed by atoms with Crippen LogP contribution in [-0.2, 0) is 4.79 Å². The first-order valence-corrected chi connectivity index (χ1v) is 7.12. The number of hydrogen-bond acceptors (Lipinski definition) is 3. The molecule has 6 heteroatoms. The number of anilines is 1. The van der Waals surface area contributed by atoms with Gasteiger partial charge in [0.25, 0.3) is 5.91 Å². The number of amides is 1. The van der Waals surface area contributed by atoms with E-state index in [0.29, 0.717) is 10.8 Å². The van der Waals surface area contributed by atoms with Crippen LogP contribution in [0.2, 0.25) is 5.02 Å². The minimum Gasteiger partial charge on any atom is -0.484 e. The summed E-state index contributed by atoms with van der Waals surface area (Å²) in [6, 6.07) is 10.6. The number of ether oxygens (including phenoxy) is 1. The predicted octanol–water partition coefficient (Wildman–Crippen LogP) is 3.31. The molecule has 0 saturated heterocycles. The van der Waals surface area contributed by atoms with E-state index in [-0.39, 0.29) is 12.5 Å². The molecule has 0 aliphatic rings. The Morgan fingerprint density at radius 1 is 1.27 bits per heavy atom. The Labute approximate surface area is 132 Å². The highest BCUT2D eigenvalue weighted by Crippen LogP contribution is 2.17. The van der Waals surface area contributed by atoms with Gasteiger partial charge in [0.2, 0.25) is 0 Å². The molecule has 0 aliphatic heterocycles. The lowest BCUT2D eigenvalue weighted by molar-refractivity contribution is -0.118. The fraction of sp³-hybridized carbons (Fsp3) is 0.125. The average molecular weight is 316 g/mol. The maximum atomic E-state index is 12.0. The monoisotopic (exact) mass is 315 g/mol. The predicted molar refractivity (Wildman–Crippen MR) is 85.5 cm³/mol. The molecule has 0 spiro atoms. The average Bonchev–Trinajstić information content (AvgIpc) is 2.99. The van der Waals surface area contributed by atoms with Gasteiger partial charge in [-0.05, 0) is 43.3 Å². The molecule has 3 aromatic rings. The summed E-state index contributed by atoms with van der Waals surface area (Å²) in [6.07, 6.45) is 3.57. The van der Waals surface area contributed by atoms with Crippen molar-refractivity contribution < 1.29 is 9.53 Å². The number of hydrogen-bond donors (Lipinski definition) is 1. The zero-order chi connectivity index (χ0) is 15.5. The van der Waals surface area contributed by atoms with Crippen molar-refractivity contribution in [2.24, 2.45) is 0 Å². The normalized spacial score (nSPS) is 10.6. The van der Waals surface area contributed by atoms with Crippen LogP contribution in [0, 0.1) is 6.92 Å². The van der Waals surface area contributed by atoms with Gasteiger partial charge in [0.15, 0.2) is 6.61 Å². The van der Waals surface area contributed by atoms with E-state index in [9.17, 15) is 4.79 Å². The molecule has 0 saturated carbocycles. The number of imidazole rings is 1. The van der Waals surface area contributed by atoms with Crippen molar-refractivity contribution in [3.05, 3.63) is 59.5 Å². The lowest BCUT2D eigenvalue weighted by Crippen LogP contribution is -2.21. The van der Waals surface area contributed by atoms with Gasteiger partial charge >= 0.3 is 0 Å². The first kappa shape index (κ1) is 14.4. The number of aromatic nitrogens is 2. The zero-order valence-electron chi connectivity index (χ0n) is 11.9. The molecule has 0 atom stereocenters. The summed E-state index contributed by atoms with van der Waals surface area (Å²) in [6.45, 7) is 1.85. The lowest BCUT2D eigenvalue weighted by atomic mass is 10.3. The van der Waals surface area contributed by atoms with E-state index in [1.807, 2.05) is 29.7 Å². The highest BCUT2D eigenvalue weighted by atomic mass is 35.5.